The van der Waals surface area contributed by atoms with Gasteiger partial charge < -0.3 is 14.2 Å². The lowest BCUT2D eigenvalue weighted by atomic mass is 10.0. The van der Waals surface area contributed by atoms with Gasteiger partial charge in [-0.3, -0.25) is 4.79 Å². The highest BCUT2D eigenvalue weighted by Gasteiger charge is 2.38. The fourth-order valence-electron chi connectivity index (χ4n) is 4.09. The summed E-state index contributed by atoms with van der Waals surface area (Å²) in [6, 6.07) is 0. The van der Waals surface area contributed by atoms with Gasteiger partial charge in [0, 0.05) is 6.42 Å². The van der Waals surface area contributed by atoms with Gasteiger partial charge >= 0.3 is 5.97 Å². The van der Waals surface area contributed by atoms with E-state index >= 15 is 0 Å². The number of carbonyl (C=O) groups excluding carboxylic acids is 1. The molecule has 0 radical (unpaired) electrons. The van der Waals surface area contributed by atoms with Crippen LogP contribution in [-0.4, -0.2) is 37.5 Å². The lowest BCUT2D eigenvalue weighted by Crippen LogP contribution is -2.01. The molecule has 2 aliphatic heterocycles. The Hall–Kier alpha value is -0.610. The van der Waals surface area contributed by atoms with Gasteiger partial charge in [-0.15, -0.1) is 0 Å². The van der Waals surface area contributed by atoms with Crippen molar-refractivity contribution < 1.29 is 19.0 Å². The Kier molecular flexibility index (Phi) is 11.4. The van der Waals surface area contributed by atoms with Crippen molar-refractivity contribution >= 4 is 5.97 Å². The van der Waals surface area contributed by atoms with E-state index in [9.17, 15) is 4.79 Å². The van der Waals surface area contributed by atoms with Crippen molar-refractivity contribution in [1.29, 1.82) is 0 Å². The van der Waals surface area contributed by atoms with Crippen LogP contribution in [0.4, 0.5) is 0 Å². The van der Waals surface area contributed by atoms with Crippen molar-refractivity contribution in [2.75, 3.05) is 7.11 Å². The van der Waals surface area contributed by atoms with Crippen LogP contribution >= 0.6 is 0 Å². The van der Waals surface area contributed by atoms with Gasteiger partial charge in [0.1, 0.15) is 0 Å². The predicted molar refractivity (Wildman–Crippen MR) is 109 cm³/mol. The molecular formula is C23H42O4. The number of hydrogen-bond donors (Lipinski definition) is 0. The molecule has 0 N–H and O–H groups in total. The third-order valence-corrected chi connectivity index (χ3v) is 6.04. The number of hydrogen-bond acceptors (Lipinski definition) is 4. The summed E-state index contributed by atoms with van der Waals surface area (Å²) >= 11 is 0. The van der Waals surface area contributed by atoms with Gasteiger partial charge in [-0.05, 0) is 32.1 Å². The van der Waals surface area contributed by atoms with E-state index in [0.29, 0.717) is 30.8 Å². The van der Waals surface area contributed by atoms with Crippen molar-refractivity contribution in [2.24, 2.45) is 0 Å². The van der Waals surface area contributed by atoms with Crippen LogP contribution in [0.3, 0.4) is 0 Å². The first kappa shape index (κ1) is 22.7. The molecule has 2 heterocycles. The molecule has 2 saturated heterocycles. The van der Waals surface area contributed by atoms with Crippen LogP contribution in [0.5, 0.6) is 0 Å². The summed E-state index contributed by atoms with van der Waals surface area (Å²) in [5.74, 6) is -0.110. The Balaban J connectivity index is 1.29. The lowest BCUT2D eigenvalue weighted by Gasteiger charge is -2.00. The molecule has 0 saturated carbocycles. The molecule has 4 atom stereocenters. The van der Waals surface area contributed by atoms with E-state index in [2.05, 4.69) is 11.7 Å². The molecule has 0 aliphatic carbocycles. The van der Waals surface area contributed by atoms with E-state index in [1.165, 1.54) is 90.6 Å². The van der Waals surface area contributed by atoms with E-state index in [1.54, 1.807) is 0 Å². The Morgan fingerprint density at radius 3 is 1.52 bits per heavy atom. The number of carbonyl (C=O) groups is 1. The number of ether oxygens (including phenoxy) is 3. The second-order valence-electron chi connectivity index (χ2n) is 8.44. The minimum atomic E-state index is -0.110. The van der Waals surface area contributed by atoms with Crippen LogP contribution in [0.1, 0.15) is 110 Å². The van der Waals surface area contributed by atoms with Crippen LogP contribution in [0.2, 0.25) is 0 Å². The molecule has 2 rings (SSSR count). The van der Waals surface area contributed by atoms with Crippen LogP contribution in [-0.2, 0) is 19.0 Å². The van der Waals surface area contributed by atoms with Crippen molar-refractivity contribution in [1.82, 2.24) is 0 Å². The monoisotopic (exact) mass is 382 g/mol. The zero-order chi connectivity index (χ0) is 19.3. The summed E-state index contributed by atoms with van der Waals surface area (Å²) in [7, 11) is 1.45. The predicted octanol–water partition coefficient (Wildman–Crippen LogP) is 5.96. The summed E-state index contributed by atoms with van der Waals surface area (Å²) in [5.41, 5.74) is 0. The second-order valence-corrected chi connectivity index (χ2v) is 8.44. The average Bonchev–Trinajstić information content (AvgIpc) is 3.58. The topological polar surface area (TPSA) is 51.4 Å². The first-order chi connectivity index (χ1) is 13.2. The summed E-state index contributed by atoms with van der Waals surface area (Å²) in [6.45, 7) is 2.27. The minimum Gasteiger partial charge on any atom is -0.469 e. The number of rotatable bonds is 18. The lowest BCUT2D eigenvalue weighted by molar-refractivity contribution is -0.140. The molecule has 0 spiro atoms. The van der Waals surface area contributed by atoms with Gasteiger partial charge in [0.2, 0.25) is 0 Å². The van der Waals surface area contributed by atoms with Crippen molar-refractivity contribution in [2.45, 2.75) is 134 Å². The van der Waals surface area contributed by atoms with E-state index < -0.39 is 0 Å². The smallest absolute Gasteiger partial charge is 0.305 e. The molecule has 158 valence electrons. The van der Waals surface area contributed by atoms with Gasteiger partial charge in [0.15, 0.2) is 0 Å². The van der Waals surface area contributed by atoms with Crippen molar-refractivity contribution in [3.8, 4) is 0 Å². The summed E-state index contributed by atoms with van der Waals surface area (Å²) in [4.78, 5) is 11.1. The zero-order valence-electron chi connectivity index (χ0n) is 17.8. The third-order valence-electron chi connectivity index (χ3n) is 6.04. The molecule has 0 aromatic heterocycles. The van der Waals surface area contributed by atoms with E-state index in [1.807, 2.05) is 0 Å². The molecule has 2 fully saturated rings. The normalized spacial score (nSPS) is 26.1. The molecular weight excluding hydrogens is 340 g/mol. The molecule has 4 heteroatoms. The number of esters is 1. The van der Waals surface area contributed by atoms with Crippen molar-refractivity contribution in [3.05, 3.63) is 0 Å². The highest BCUT2D eigenvalue weighted by Crippen LogP contribution is 2.33. The van der Waals surface area contributed by atoms with Gasteiger partial charge in [0.05, 0.1) is 31.5 Å². The van der Waals surface area contributed by atoms with Crippen LogP contribution in [0, 0.1) is 0 Å². The quantitative estimate of drug-likeness (QED) is 0.167. The molecule has 4 unspecified atom stereocenters. The summed E-state index contributed by atoms with van der Waals surface area (Å²) in [6.07, 6.45) is 21.6. The fourth-order valence-corrected chi connectivity index (χ4v) is 4.09. The Labute approximate surface area is 166 Å². The Bertz CT molecular complexity index is 398. The maximum absolute atomic E-state index is 11.1. The number of epoxide rings is 2. The largest absolute Gasteiger partial charge is 0.469 e. The fraction of sp³-hybridized carbons (Fsp3) is 0.957. The van der Waals surface area contributed by atoms with Gasteiger partial charge in [-0.1, -0.05) is 71.1 Å². The Morgan fingerprint density at radius 1 is 0.667 bits per heavy atom. The average molecular weight is 383 g/mol. The number of unbranched alkanes of at least 4 members (excludes halogenated alkanes) is 8. The van der Waals surface area contributed by atoms with Crippen molar-refractivity contribution in [3.63, 3.8) is 0 Å². The maximum Gasteiger partial charge on any atom is 0.305 e. The third kappa shape index (κ3) is 10.5. The second kappa shape index (κ2) is 13.5. The molecule has 2 aliphatic rings. The minimum absolute atomic E-state index is 0.110. The van der Waals surface area contributed by atoms with Gasteiger partial charge in [-0.2, -0.15) is 0 Å². The molecule has 0 bridgehead atoms. The summed E-state index contributed by atoms with van der Waals surface area (Å²) < 4.78 is 16.2. The Morgan fingerprint density at radius 2 is 1.07 bits per heavy atom. The zero-order valence-corrected chi connectivity index (χ0v) is 17.8. The standard InChI is InChI=1S/C23H42O4/c1-3-4-5-6-7-10-14-19-20(26-19)15-11-8-9-12-16-21-22(27-21)17-13-18-23(24)25-2/h19-22H,3-18H2,1-2H3. The molecule has 0 aromatic rings. The van der Waals surface area contributed by atoms with E-state index in [4.69, 9.17) is 9.47 Å². The SMILES string of the molecule is CCCCCCCCC1OC1CCCCCCC1OC1CCCC(=O)OC. The molecule has 27 heavy (non-hydrogen) atoms. The van der Waals surface area contributed by atoms with Crippen LogP contribution in [0.15, 0.2) is 0 Å². The first-order valence-corrected chi connectivity index (χ1v) is 11.6. The number of methoxy groups -OCH3 is 1. The summed E-state index contributed by atoms with van der Waals surface area (Å²) in [5, 5.41) is 0. The molecule has 4 nitrogen and oxygen atoms in total. The van der Waals surface area contributed by atoms with Gasteiger partial charge in [-0.25, -0.2) is 0 Å². The van der Waals surface area contributed by atoms with E-state index in [-0.39, 0.29) is 5.97 Å². The highest BCUT2D eigenvalue weighted by atomic mass is 16.6. The van der Waals surface area contributed by atoms with Gasteiger partial charge in [0.25, 0.3) is 0 Å². The van der Waals surface area contributed by atoms with Crippen LogP contribution in [0.25, 0.3) is 0 Å². The first-order valence-electron chi connectivity index (χ1n) is 11.6. The molecule has 0 amide bonds. The maximum atomic E-state index is 11.1. The molecule has 0 aromatic carbocycles. The van der Waals surface area contributed by atoms with E-state index in [0.717, 1.165) is 12.8 Å². The highest BCUT2D eigenvalue weighted by molar-refractivity contribution is 5.68. The van der Waals surface area contributed by atoms with Crippen LogP contribution < -0.4 is 0 Å².